The van der Waals surface area contributed by atoms with Gasteiger partial charge in [-0.1, -0.05) is 0 Å². The summed E-state index contributed by atoms with van der Waals surface area (Å²) >= 11 is 0. The van der Waals surface area contributed by atoms with E-state index in [1.54, 1.807) is 0 Å². The van der Waals surface area contributed by atoms with Gasteiger partial charge in [-0.2, -0.15) is 0 Å². The maximum atomic E-state index is 12.0. The van der Waals surface area contributed by atoms with Crippen LogP contribution in [0.4, 0.5) is 0 Å². The first-order valence-corrected chi connectivity index (χ1v) is 8.66. The first-order valence-electron chi connectivity index (χ1n) is 7.18. The number of rotatable bonds is 5. The van der Waals surface area contributed by atoms with Gasteiger partial charge in [0.05, 0.1) is 4.90 Å². The van der Waals surface area contributed by atoms with Crippen molar-refractivity contribution in [1.82, 2.24) is 15.6 Å². The lowest BCUT2D eigenvalue weighted by Crippen LogP contribution is -2.42. The van der Waals surface area contributed by atoms with Gasteiger partial charge in [-0.15, -0.1) is 0 Å². The summed E-state index contributed by atoms with van der Waals surface area (Å²) < 4.78 is 26.6. The van der Waals surface area contributed by atoms with Gasteiger partial charge in [0.1, 0.15) is 0 Å². The summed E-state index contributed by atoms with van der Waals surface area (Å²) in [5.74, 6) is -0.671. The third-order valence-corrected chi connectivity index (χ3v) is 5.11. The Morgan fingerprint density at radius 2 is 1.59 bits per heavy atom. The number of hydrogen-bond acceptors (Lipinski definition) is 4. The molecular formula is C14H17N3O4S. The van der Waals surface area contributed by atoms with Crippen molar-refractivity contribution >= 4 is 21.8 Å². The van der Waals surface area contributed by atoms with Crippen molar-refractivity contribution in [2.24, 2.45) is 5.92 Å². The second-order valence-electron chi connectivity index (χ2n) is 5.64. The maximum absolute atomic E-state index is 12.0. The fourth-order valence-corrected chi connectivity index (χ4v) is 3.22. The number of carbonyl (C=O) groups excluding carboxylic acids is 2. The minimum Gasteiger partial charge on any atom is -0.273 e. The van der Waals surface area contributed by atoms with Gasteiger partial charge in [0.2, 0.25) is 15.9 Å². The molecule has 1 aromatic carbocycles. The Bertz CT molecular complexity index is 691. The van der Waals surface area contributed by atoms with Gasteiger partial charge >= 0.3 is 0 Å². The molecule has 0 spiro atoms. The van der Waals surface area contributed by atoms with Crippen LogP contribution >= 0.6 is 0 Å². The van der Waals surface area contributed by atoms with E-state index in [1.807, 2.05) is 0 Å². The fourth-order valence-electron chi connectivity index (χ4n) is 1.91. The highest BCUT2D eigenvalue weighted by Gasteiger charge is 2.30. The molecule has 2 aliphatic carbocycles. The van der Waals surface area contributed by atoms with Crippen molar-refractivity contribution < 1.29 is 18.0 Å². The third-order valence-electron chi connectivity index (χ3n) is 3.57. The number of nitrogens with one attached hydrogen (secondary N) is 3. The minimum atomic E-state index is -3.52. The second kappa shape index (κ2) is 5.69. The Balaban J connectivity index is 1.60. The van der Waals surface area contributed by atoms with Crippen molar-refractivity contribution in [3.8, 4) is 0 Å². The standard InChI is InChI=1S/C14H17N3O4S/c18-13(9-1-2-9)15-16-14(19)10-3-7-12(8-4-10)22(20,21)17-11-5-6-11/h3-4,7-9,11,17H,1-2,5-6H2,(H,15,18)(H,16,19). The van der Waals surface area contributed by atoms with Crippen molar-refractivity contribution in [3.05, 3.63) is 29.8 Å². The molecule has 118 valence electrons. The van der Waals surface area contributed by atoms with Crippen molar-refractivity contribution in [3.63, 3.8) is 0 Å². The van der Waals surface area contributed by atoms with Crippen LogP contribution in [0.25, 0.3) is 0 Å². The number of carbonyl (C=O) groups is 2. The molecule has 0 radical (unpaired) electrons. The zero-order valence-electron chi connectivity index (χ0n) is 11.8. The molecule has 0 aromatic heterocycles. The van der Waals surface area contributed by atoms with Gasteiger partial charge in [0.15, 0.2) is 0 Å². The largest absolute Gasteiger partial charge is 0.273 e. The lowest BCUT2D eigenvalue weighted by atomic mass is 10.2. The molecule has 8 heteroatoms. The number of benzene rings is 1. The van der Waals surface area contributed by atoms with Crippen LogP contribution in [-0.2, 0) is 14.8 Å². The molecule has 2 aliphatic rings. The summed E-state index contributed by atoms with van der Waals surface area (Å²) in [7, 11) is -3.52. The molecule has 0 bridgehead atoms. The average Bonchev–Trinajstić information content (AvgIpc) is 3.36. The topological polar surface area (TPSA) is 104 Å². The van der Waals surface area contributed by atoms with Crippen molar-refractivity contribution in [1.29, 1.82) is 0 Å². The highest BCUT2D eigenvalue weighted by atomic mass is 32.2. The number of amides is 2. The van der Waals surface area contributed by atoms with Gasteiger partial charge in [0.25, 0.3) is 5.91 Å². The predicted octanol–water partition coefficient (Wildman–Crippen LogP) is 0.298. The third kappa shape index (κ3) is 3.63. The van der Waals surface area contributed by atoms with Crippen LogP contribution in [0.15, 0.2) is 29.2 Å². The summed E-state index contributed by atoms with van der Waals surface area (Å²) in [4.78, 5) is 23.4. The molecular weight excluding hydrogens is 306 g/mol. The Hall–Kier alpha value is -1.93. The lowest BCUT2D eigenvalue weighted by molar-refractivity contribution is -0.123. The fraction of sp³-hybridized carbons (Fsp3) is 0.429. The molecule has 0 unspecified atom stereocenters. The first kappa shape index (κ1) is 15.0. The van der Waals surface area contributed by atoms with E-state index in [2.05, 4.69) is 15.6 Å². The van der Waals surface area contributed by atoms with E-state index in [4.69, 9.17) is 0 Å². The molecule has 22 heavy (non-hydrogen) atoms. The van der Waals surface area contributed by atoms with Crippen LogP contribution in [0, 0.1) is 5.92 Å². The van der Waals surface area contributed by atoms with Gasteiger partial charge in [-0.25, -0.2) is 13.1 Å². The number of hydrazine groups is 1. The molecule has 3 rings (SSSR count). The van der Waals surface area contributed by atoms with E-state index in [9.17, 15) is 18.0 Å². The summed E-state index contributed by atoms with van der Waals surface area (Å²) in [5.41, 5.74) is 4.95. The highest BCUT2D eigenvalue weighted by Crippen LogP contribution is 2.28. The first-order chi connectivity index (χ1) is 10.5. The summed E-state index contributed by atoms with van der Waals surface area (Å²) in [6, 6.07) is 5.62. The Morgan fingerprint density at radius 3 is 2.14 bits per heavy atom. The van der Waals surface area contributed by atoms with E-state index >= 15 is 0 Å². The normalized spacial score (nSPS) is 17.8. The highest BCUT2D eigenvalue weighted by molar-refractivity contribution is 7.89. The van der Waals surface area contributed by atoms with Crippen LogP contribution in [0.5, 0.6) is 0 Å². The van der Waals surface area contributed by atoms with Gasteiger partial charge in [0, 0.05) is 17.5 Å². The van der Waals surface area contributed by atoms with Gasteiger partial charge in [-0.3, -0.25) is 20.4 Å². The Kier molecular flexibility index (Phi) is 3.88. The molecule has 0 heterocycles. The molecule has 0 atom stereocenters. The molecule has 2 amide bonds. The molecule has 0 aliphatic heterocycles. The van der Waals surface area contributed by atoms with E-state index in [1.165, 1.54) is 24.3 Å². The lowest BCUT2D eigenvalue weighted by Gasteiger charge is -2.08. The van der Waals surface area contributed by atoms with Crippen LogP contribution in [0.2, 0.25) is 0 Å². The SMILES string of the molecule is O=C(NNC(=O)C1CC1)c1ccc(S(=O)(=O)NC2CC2)cc1. The quantitative estimate of drug-likeness (QED) is 0.678. The number of hydrogen-bond donors (Lipinski definition) is 3. The monoisotopic (exact) mass is 323 g/mol. The molecule has 3 N–H and O–H groups in total. The van der Waals surface area contributed by atoms with E-state index in [0.29, 0.717) is 0 Å². The Labute approximate surface area is 128 Å². The summed E-state index contributed by atoms with van der Waals surface area (Å²) in [6.07, 6.45) is 3.42. The van der Waals surface area contributed by atoms with Crippen LogP contribution in [0.1, 0.15) is 36.0 Å². The molecule has 7 nitrogen and oxygen atoms in total. The molecule has 2 saturated carbocycles. The van der Waals surface area contributed by atoms with Crippen molar-refractivity contribution in [2.45, 2.75) is 36.6 Å². The predicted molar refractivity (Wildman–Crippen MR) is 78.1 cm³/mol. The average molecular weight is 323 g/mol. The molecule has 2 fully saturated rings. The van der Waals surface area contributed by atoms with Gasteiger partial charge in [-0.05, 0) is 49.9 Å². The molecule has 0 saturated heterocycles. The van der Waals surface area contributed by atoms with E-state index in [-0.39, 0.29) is 28.3 Å². The Morgan fingerprint density at radius 1 is 0.955 bits per heavy atom. The smallest absolute Gasteiger partial charge is 0.269 e. The van der Waals surface area contributed by atoms with Gasteiger partial charge < -0.3 is 0 Å². The van der Waals surface area contributed by atoms with Crippen LogP contribution in [-0.4, -0.2) is 26.3 Å². The summed E-state index contributed by atoms with van der Waals surface area (Å²) in [5, 5.41) is 0. The van der Waals surface area contributed by atoms with Crippen molar-refractivity contribution in [2.75, 3.05) is 0 Å². The minimum absolute atomic E-state index is 0.00122. The summed E-state index contributed by atoms with van der Waals surface area (Å²) in [6.45, 7) is 0. The molecule has 1 aromatic rings. The zero-order chi connectivity index (χ0) is 15.7. The van der Waals surface area contributed by atoms with E-state index in [0.717, 1.165) is 25.7 Å². The zero-order valence-corrected chi connectivity index (χ0v) is 12.7. The maximum Gasteiger partial charge on any atom is 0.269 e. The van der Waals surface area contributed by atoms with Crippen LogP contribution < -0.4 is 15.6 Å². The van der Waals surface area contributed by atoms with E-state index < -0.39 is 15.9 Å². The second-order valence-corrected chi connectivity index (χ2v) is 7.35. The number of sulfonamides is 1. The van der Waals surface area contributed by atoms with Crippen LogP contribution in [0.3, 0.4) is 0 Å².